The number of rotatable bonds is 6. The number of aromatic nitrogens is 5. The Balaban J connectivity index is 0.00000433. The summed E-state index contributed by atoms with van der Waals surface area (Å²) in [7, 11) is 0. The molecule has 60 heavy (non-hydrogen) atoms. The average Bonchev–Trinajstić information content (AvgIpc) is 3.73. The summed E-state index contributed by atoms with van der Waals surface area (Å²) in [5.74, 6) is 1.85. The van der Waals surface area contributed by atoms with E-state index in [2.05, 4.69) is 158 Å². The first kappa shape index (κ1) is 37.4. The van der Waals surface area contributed by atoms with E-state index in [9.17, 15) is 0 Å². The molecule has 0 saturated carbocycles. The summed E-state index contributed by atoms with van der Waals surface area (Å²) in [6.07, 6.45) is 1.86. The summed E-state index contributed by atoms with van der Waals surface area (Å²) in [6, 6.07) is 63.4. The zero-order chi connectivity index (χ0) is 39.7. The van der Waals surface area contributed by atoms with Crippen molar-refractivity contribution in [3.05, 3.63) is 199 Å². The van der Waals surface area contributed by atoms with Crippen LogP contribution in [0.2, 0.25) is 0 Å². The molecule has 0 amide bonds. The van der Waals surface area contributed by atoms with Crippen LogP contribution in [0.1, 0.15) is 30.5 Å². The van der Waals surface area contributed by atoms with Gasteiger partial charge in [-0.05, 0) is 88.0 Å². The molecular formula is C54H38IrN5-. The molecule has 3 aromatic heterocycles. The van der Waals surface area contributed by atoms with Crippen LogP contribution in [-0.4, -0.2) is 24.5 Å². The topological polar surface area (TPSA) is 56.5 Å². The molecule has 0 aliphatic heterocycles. The summed E-state index contributed by atoms with van der Waals surface area (Å²) in [4.78, 5) is 20.1. The van der Waals surface area contributed by atoms with Crippen LogP contribution in [0.4, 0.5) is 0 Å². The van der Waals surface area contributed by atoms with Crippen LogP contribution in [-0.2, 0) is 25.5 Å². The summed E-state index contributed by atoms with van der Waals surface area (Å²) >= 11 is 0. The Morgan fingerprint density at radius 1 is 0.500 bits per heavy atom. The molecule has 5 nitrogen and oxygen atoms in total. The van der Waals surface area contributed by atoms with E-state index in [4.69, 9.17) is 15.0 Å². The molecule has 1 aliphatic carbocycles. The van der Waals surface area contributed by atoms with Crippen LogP contribution >= 0.6 is 0 Å². The molecule has 11 rings (SSSR count). The standard InChI is InChI=1S/C54H38N5.Ir/c1-34-26-27-55-48(28-34)41-21-13-20-39(30-41)37-18-12-19-38(29-37)40-24-25-49-44(31-40)45-32-43-42-22-10-11-23-46(42)54(2,3)47(43)33-50(45)59(49)53-57-51(35-14-6-4-7-15-35)56-52(58-53)36-16-8-5-9-17-36;/h4-20,22-33H,1-3H3;/q-1;. The van der Waals surface area contributed by atoms with Crippen molar-refractivity contribution in [2.45, 2.75) is 26.2 Å². The van der Waals surface area contributed by atoms with Gasteiger partial charge in [0, 0.05) is 53.6 Å². The van der Waals surface area contributed by atoms with Crippen molar-refractivity contribution < 1.29 is 20.1 Å². The zero-order valence-corrected chi connectivity index (χ0v) is 35.7. The maximum absolute atomic E-state index is 5.23. The molecule has 0 atom stereocenters. The van der Waals surface area contributed by atoms with Gasteiger partial charge in [0.1, 0.15) is 0 Å². The molecule has 10 aromatic rings. The fourth-order valence-electron chi connectivity index (χ4n) is 8.86. The smallest absolute Gasteiger partial charge is 0.238 e. The fourth-order valence-corrected chi connectivity index (χ4v) is 8.86. The third kappa shape index (κ3) is 6.28. The van der Waals surface area contributed by atoms with Crippen molar-refractivity contribution in [3.8, 4) is 73.4 Å². The van der Waals surface area contributed by atoms with Crippen LogP contribution < -0.4 is 0 Å². The van der Waals surface area contributed by atoms with Gasteiger partial charge in [0.15, 0.2) is 11.6 Å². The predicted octanol–water partition coefficient (Wildman–Crippen LogP) is 13.1. The maximum atomic E-state index is 5.23. The van der Waals surface area contributed by atoms with Gasteiger partial charge in [0.25, 0.3) is 0 Å². The summed E-state index contributed by atoms with van der Waals surface area (Å²) in [5.41, 5.74) is 16.6. The van der Waals surface area contributed by atoms with E-state index in [0.29, 0.717) is 17.6 Å². The molecule has 0 bridgehead atoms. The molecule has 0 spiro atoms. The summed E-state index contributed by atoms with van der Waals surface area (Å²) in [6.45, 7) is 6.75. The number of hydrogen-bond donors (Lipinski definition) is 0. The molecule has 1 radical (unpaired) electrons. The number of pyridine rings is 1. The quantitative estimate of drug-likeness (QED) is 0.156. The predicted molar refractivity (Wildman–Crippen MR) is 240 cm³/mol. The first-order chi connectivity index (χ1) is 28.9. The van der Waals surface area contributed by atoms with Crippen molar-refractivity contribution in [1.82, 2.24) is 24.5 Å². The molecule has 0 saturated heterocycles. The Morgan fingerprint density at radius 2 is 1.13 bits per heavy atom. The van der Waals surface area contributed by atoms with E-state index < -0.39 is 0 Å². The molecule has 0 fully saturated rings. The normalized spacial score (nSPS) is 12.6. The SMILES string of the molecule is Cc1ccnc(-c2[c-]ccc(-c3cccc(-c4ccc5c(c4)c4cc6c(cc4n5-c4nc(-c5ccccc5)nc(-c5ccccc5)n4)C(C)(C)c4ccccc4-6)c3)c2)c1.[Ir]. The number of nitrogens with zero attached hydrogens (tertiary/aromatic N) is 5. The van der Waals surface area contributed by atoms with Gasteiger partial charge in [-0.3, -0.25) is 4.57 Å². The number of hydrogen-bond acceptors (Lipinski definition) is 4. The number of aryl methyl sites for hydroxylation is 1. The average molecular weight is 949 g/mol. The van der Waals surface area contributed by atoms with E-state index in [1.807, 2.05) is 54.7 Å². The van der Waals surface area contributed by atoms with Gasteiger partial charge < -0.3 is 4.98 Å². The molecule has 1 aliphatic rings. The Morgan fingerprint density at radius 3 is 1.85 bits per heavy atom. The second-order valence-corrected chi connectivity index (χ2v) is 16.0. The fraction of sp³-hybridized carbons (Fsp3) is 0.0741. The van der Waals surface area contributed by atoms with E-state index in [1.54, 1.807) is 0 Å². The minimum Gasteiger partial charge on any atom is -0.305 e. The molecule has 6 heteroatoms. The Bertz CT molecular complexity index is 3200. The first-order valence-corrected chi connectivity index (χ1v) is 20.0. The van der Waals surface area contributed by atoms with Gasteiger partial charge in [-0.1, -0.05) is 135 Å². The van der Waals surface area contributed by atoms with E-state index in [-0.39, 0.29) is 25.5 Å². The van der Waals surface area contributed by atoms with Gasteiger partial charge in [0.2, 0.25) is 5.95 Å². The van der Waals surface area contributed by atoms with Crippen molar-refractivity contribution >= 4 is 21.8 Å². The van der Waals surface area contributed by atoms with Crippen molar-refractivity contribution in [3.63, 3.8) is 0 Å². The van der Waals surface area contributed by atoms with E-state index >= 15 is 0 Å². The molecule has 289 valence electrons. The second-order valence-electron chi connectivity index (χ2n) is 16.0. The zero-order valence-electron chi connectivity index (χ0n) is 33.3. The largest absolute Gasteiger partial charge is 0.305 e. The molecular weight excluding hydrogens is 911 g/mol. The van der Waals surface area contributed by atoms with Gasteiger partial charge in [0.05, 0.1) is 11.0 Å². The molecule has 3 heterocycles. The summed E-state index contributed by atoms with van der Waals surface area (Å²) < 4.78 is 2.24. The Hall–Kier alpha value is -6.85. The van der Waals surface area contributed by atoms with Crippen LogP contribution in [0.15, 0.2) is 176 Å². The summed E-state index contributed by atoms with van der Waals surface area (Å²) in [5, 5.41) is 2.29. The van der Waals surface area contributed by atoms with E-state index in [1.165, 1.54) is 27.8 Å². The van der Waals surface area contributed by atoms with Gasteiger partial charge in [-0.25, -0.2) is 4.98 Å². The van der Waals surface area contributed by atoms with Crippen LogP contribution in [0.25, 0.3) is 95.2 Å². The Labute approximate surface area is 362 Å². The van der Waals surface area contributed by atoms with E-state index in [0.717, 1.165) is 66.4 Å². The van der Waals surface area contributed by atoms with Crippen LogP contribution in [0, 0.1) is 13.0 Å². The Kier molecular flexibility index (Phi) is 9.20. The number of benzene rings is 7. The maximum Gasteiger partial charge on any atom is 0.238 e. The molecule has 0 unspecified atom stereocenters. The van der Waals surface area contributed by atoms with Crippen LogP contribution in [0.5, 0.6) is 0 Å². The van der Waals surface area contributed by atoms with Gasteiger partial charge in [-0.15, -0.1) is 35.4 Å². The third-order valence-corrected chi connectivity index (χ3v) is 11.9. The van der Waals surface area contributed by atoms with Gasteiger partial charge in [-0.2, -0.15) is 9.97 Å². The van der Waals surface area contributed by atoms with Crippen molar-refractivity contribution in [1.29, 1.82) is 0 Å². The molecule has 0 N–H and O–H groups in total. The van der Waals surface area contributed by atoms with Gasteiger partial charge >= 0.3 is 0 Å². The van der Waals surface area contributed by atoms with Crippen LogP contribution in [0.3, 0.4) is 0 Å². The number of fused-ring (bicyclic) bond motifs is 6. The minimum atomic E-state index is -0.180. The molecule has 7 aromatic carbocycles. The van der Waals surface area contributed by atoms with Crippen molar-refractivity contribution in [2.24, 2.45) is 0 Å². The first-order valence-electron chi connectivity index (χ1n) is 20.0. The second kappa shape index (κ2) is 14.8. The minimum absolute atomic E-state index is 0. The monoisotopic (exact) mass is 949 g/mol. The third-order valence-electron chi connectivity index (χ3n) is 11.9. The van der Waals surface area contributed by atoms with Crippen molar-refractivity contribution in [2.75, 3.05) is 0 Å².